The van der Waals surface area contributed by atoms with Crippen LogP contribution in [-0.2, 0) is 4.79 Å². The van der Waals surface area contributed by atoms with Crippen LogP contribution in [0.5, 0.6) is 5.75 Å². The van der Waals surface area contributed by atoms with Crippen molar-refractivity contribution in [2.75, 3.05) is 12.4 Å². The topological polar surface area (TPSA) is 75.6 Å². The summed E-state index contributed by atoms with van der Waals surface area (Å²) in [6.07, 6.45) is 6.45. The van der Waals surface area contributed by atoms with Crippen LogP contribution in [0.3, 0.4) is 0 Å². The van der Waals surface area contributed by atoms with E-state index in [-0.39, 0.29) is 23.1 Å². The number of nitrogens with one attached hydrogen (secondary N) is 1. The lowest BCUT2D eigenvalue weighted by molar-refractivity contribution is -0.120. The number of hydrogen-bond acceptors (Lipinski definition) is 3. The molecule has 1 amide bonds. The minimum absolute atomic E-state index is 0.0158. The molecule has 5 heteroatoms. The van der Waals surface area contributed by atoms with Crippen LogP contribution in [0.15, 0.2) is 18.2 Å². The molecule has 2 rings (SSSR count). The van der Waals surface area contributed by atoms with Gasteiger partial charge < -0.3 is 15.2 Å². The Kier molecular flexibility index (Phi) is 5.20. The summed E-state index contributed by atoms with van der Waals surface area (Å²) in [4.78, 5) is 23.3. The third kappa shape index (κ3) is 3.97. The van der Waals surface area contributed by atoms with E-state index in [2.05, 4.69) is 5.32 Å². The monoisotopic (exact) mass is 291 g/mol. The maximum Gasteiger partial charge on any atom is 0.339 e. The molecule has 0 unspecified atom stereocenters. The zero-order chi connectivity index (χ0) is 15.2. The SMILES string of the molecule is COc1cc(NC(=O)C2CCCCCC2)ccc1C(=O)O. The summed E-state index contributed by atoms with van der Waals surface area (Å²) in [5.74, 6) is -0.727. The first-order valence-electron chi connectivity index (χ1n) is 7.34. The average molecular weight is 291 g/mol. The van der Waals surface area contributed by atoms with Gasteiger partial charge in [-0.05, 0) is 25.0 Å². The van der Waals surface area contributed by atoms with E-state index in [9.17, 15) is 9.59 Å². The van der Waals surface area contributed by atoms with Crippen LogP contribution in [0.2, 0.25) is 0 Å². The van der Waals surface area contributed by atoms with Crippen molar-refractivity contribution in [1.82, 2.24) is 0 Å². The first-order valence-corrected chi connectivity index (χ1v) is 7.34. The number of anilines is 1. The van der Waals surface area contributed by atoms with E-state index in [1.807, 2.05) is 0 Å². The number of aromatic carboxylic acids is 1. The van der Waals surface area contributed by atoms with E-state index in [1.54, 1.807) is 12.1 Å². The molecule has 1 saturated carbocycles. The van der Waals surface area contributed by atoms with Crippen molar-refractivity contribution in [3.05, 3.63) is 23.8 Å². The van der Waals surface area contributed by atoms with Gasteiger partial charge in [0.1, 0.15) is 11.3 Å². The molecule has 5 nitrogen and oxygen atoms in total. The predicted octanol–water partition coefficient (Wildman–Crippen LogP) is 3.30. The first-order chi connectivity index (χ1) is 10.1. The molecule has 1 fully saturated rings. The zero-order valence-electron chi connectivity index (χ0n) is 12.2. The van der Waals surface area contributed by atoms with Gasteiger partial charge in [0.15, 0.2) is 0 Å². The second-order valence-corrected chi connectivity index (χ2v) is 5.40. The fraction of sp³-hybridized carbons (Fsp3) is 0.500. The summed E-state index contributed by atoms with van der Waals surface area (Å²) in [5.41, 5.74) is 0.663. The summed E-state index contributed by atoms with van der Waals surface area (Å²) < 4.78 is 5.06. The fourth-order valence-corrected chi connectivity index (χ4v) is 2.73. The summed E-state index contributed by atoms with van der Waals surface area (Å²) in [7, 11) is 1.42. The zero-order valence-corrected chi connectivity index (χ0v) is 12.2. The second kappa shape index (κ2) is 7.11. The molecule has 2 N–H and O–H groups in total. The maximum atomic E-state index is 12.3. The quantitative estimate of drug-likeness (QED) is 0.835. The normalized spacial score (nSPS) is 16.0. The molecular formula is C16H21NO4. The molecule has 1 aromatic carbocycles. The van der Waals surface area contributed by atoms with Gasteiger partial charge in [0.05, 0.1) is 7.11 Å². The van der Waals surface area contributed by atoms with E-state index >= 15 is 0 Å². The molecule has 0 aromatic heterocycles. The van der Waals surface area contributed by atoms with Gasteiger partial charge in [-0.2, -0.15) is 0 Å². The van der Waals surface area contributed by atoms with Gasteiger partial charge >= 0.3 is 5.97 Å². The van der Waals surface area contributed by atoms with Crippen LogP contribution in [-0.4, -0.2) is 24.1 Å². The van der Waals surface area contributed by atoms with Crippen molar-refractivity contribution in [1.29, 1.82) is 0 Å². The van der Waals surface area contributed by atoms with Gasteiger partial charge in [-0.25, -0.2) is 4.79 Å². The number of benzene rings is 1. The van der Waals surface area contributed by atoms with E-state index < -0.39 is 5.97 Å². The number of carbonyl (C=O) groups excluding carboxylic acids is 1. The summed E-state index contributed by atoms with van der Waals surface area (Å²) in [6, 6.07) is 4.60. The maximum absolute atomic E-state index is 12.3. The number of carboxylic acids is 1. The van der Waals surface area contributed by atoms with Gasteiger partial charge in [-0.1, -0.05) is 25.7 Å². The minimum Gasteiger partial charge on any atom is -0.496 e. The Bertz CT molecular complexity index is 519. The van der Waals surface area contributed by atoms with Gasteiger partial charge in [-0.3, -0.25) is 4.79 Å². The Morgan fingerprint density at radius 1 is 1.19 bits per heavy atom. The molecule has 0 spiro atoms. The Morgan fingerprint density at radius 2 is 1.86 bits per heavy atom. The third-order valence-electron chi connectivity index (χ3n) is 3.93. The number of rotatable bonds is 4. The number of carbonyl (C=O) groups is 2. The van der Waals surface area contributed by atoms with Crippen LogP contribution < -0.4 is 10.1 Å². The van der Waals surface area contributed by atoms with Crippen molar-refractivity contribution >= 4 is 17.6 Å². The lowest BCUT2D eigenvalue weighted by Gasteiger charge is -2.15. The van der Waals surface area contributed by atoms with Crippen molar-refractivity contribution in [2.45, 2.75) is 38.5 Å². The van der Waals surface area contributed by atoms with Crippen molar-refractivity contribution < 1.29 is 19.4 Å². The van der Waals surface area contributed by atoms with Crippen LogP contribution in [0.25, 0.3) is 0 Å². The number of methoxy groups -OCH3 is 1. The van der Waals surface area contributed by atoms with Gasteiger partial charge in [-0.15, -0.1) is 0 Å². The first kappa shape index (κ1) is 15.4. The molecule has 1 aliphatic rings. The van der Waals surface area contributed by atoms with Crippen LogP contribution in [0, 0.1) is 5.92 Å². The Balaban J connectivity index is 2.08. The van der Waals surface area contributed by atoms with Crippen molar-refractivity contribution in [3.63, 3.8) is 0 Å². The van der Waals surface area contributed by atoms with E-state index in [4.69, 9.17) is 9.84 Å². The predicted molar refractivity (Wildman–Crippen MR) is 79.8 cm³/mol. The third-order valence-corrected chi connectivity index (χ3v) is 3.93. The second-order valence-electron chi connectivity index (χ2n) is 5.40. The highest BCUT2D eigenvalue weighted by Gasteiger charge is 2.20. The molecule has 114 valence electrons. The molecular weight excluding hydrogens is 270 g/mol. The van der Waals surface area contributed by atoms with Crippen LogP contribution >= 0.6 is 0 Å². The van der Waals surface area contributed by atoms with Crippen LogP contribution in [0.4, 0.5) is 5.69 Å². The van der Waals surface area contributed by atoms with Gasteiger partial charge in [0.2, 0.25) is 5.91 Å². The summed E-state index contributed by atoms with van der Waals surface area (Å²) in [6.45, 7) is 0. The van der Waals surface area contributed by atoms with E-state index in [0.29, 0.717) is 5.69 Å². The molecule has 21 heavy (non-hydrogen) atoms. The molecule has 0 heterocycles. The molecule has 1 aromatic rings. The largest absolute Gasteiger partial charge is 0.496 e. The molecule has 0 bridgehead atoms. The standard InChI is InChI=1S/C16H21NO4/c1-21-14-10-12(8-9-13(14)16(19)20)17-15(18)11-6-4-2-3-5-7-11/h8-11H,2-7H2,1H3,(H,17,18)(H,19,20). The molecule has 0 saturated heterocycles. The highest BCUT2D eigenvalue weighted by Crippen LogP contribution is 2.26. The Labute approximate surface area is 124 Å². The Morgan fingerprint density at radius 3 is 2.43 bits per heavy atom. The number of hydrogen-bond donors (Lipinski definition) is 2. The number of amides is 1. The lowest BCUT2D eigenvalue weighted by Crippen LogP contribution is -2.22. The molecule has 0 radical (unpaired) electrons. The Hall–Kier alpha value is -2.04. The van der Waals surface area contributed by atoms with E-state index in [0.717, 1.165) is 25.7 Å². The van der Waals surface area contributed by atoms with Crippen molar-refractivity contribution in [2.24, 2.45) is 5.92 Å². The van der Waals surface area contributed by atoms with Crippen LogP contribution in [0.1, 0.15) is 48.9 Å². The molecule has 0 aliphatic heterocycles. The van der Waals surface area contributed by atoms with E-state index in [1.165, 1.54) is 26.0 Å². The van der Waals surface area contributed by atoms with Crippen molar-refractivity contribution in [3.8, 4) is 5.75 Å². The highest BCUT2D eigenvalue weighted by atomic mass is 16.5. The molecule has 0 atom stereocenters. The molecule has 1 aliphatic carbocycles. The van der Waals surface area contributed by atoms with Gasteiger partial charge in [0.25, 0.3) is 0 Å². The van der Waals surface area contributed by atoms with Gasteiger partial charge in [0, 0.05) is 17.7 Å². The summed E-state index contributed by atoms with van der Waals surface area (Å²) >= 11 is 0. The average Bonchev–Trinajstić information content (AvgIpc) is 2.75. The smallest absolute Gasteiger partial charge is 0.339 e. The fourth-order valence-electron chi connectivity index (χ4n) is 2.73. The number of carboxylic acid groups (broad SMARTS) is 1. The lowest BCUT2D eigenvalue weighted by atomic mass is 9.99. The highest BCUT2D eigenvalue weighted by molar-refractivity contribution is 5.95. The summed E-state index contributed by atoms with van der Waals surface area (Å²) in [5, 5.41) is 11.9. The number of ether oxygens (including phenoxy) is 1. The minimum atomic E-state index is -1.05.